The summed E-state index contributed by atoms with van der Waals surface area (Å²) < 4.78 is 26.3. The molecule has 1 heterocycles. The van der Waals surface area contributed by atoms with Gasteiger partial charge in [-0.05, 0) is 37.3 Å². The Kier molecular flexibility index (Phi) is 4.51. The van der Waals surface area contributed by atoms with Crippen molar-refractivity contribution in [2.75, 3.05) is 12.8 Å². The number of nitrogen functional groups attached to an aromatic ring is 1. The molecule has 0 bridgehead atoms. The lowest BCUT2D eigenvalue weighted by Gasteiger charge is -2.18. The molecule has 0 aliphatic heterocycles. The van der Waals surface area contributed by atoms with E-state index in [1.54, 1.807) is 6.07 Å². The van der Waals surface area contributed by atoms with Crippen molar-refractivity contribution in [1.29, 1.82) is 0 Å². The summed E-state index contributed by atoms with van der Waals surface area (Å²) in [7, 11) is -2.20. The van der Waals surface area contributed by atoms with E-state index >= 15 is 0 Å². The van der Waals surface area contributed by atoms with Gasteiger partial charge in [0.1, 0.15) is 4.90 Å². The fraction of sp³-hybridized carbons (Fsp3) is 0.214. The molecule has 112 valence electrons. The highest BCUT2D eigenvalue weighted by Gasteiger charge is 2.24. The largest absolute Gasteiger partial charge is 0.399 e. The van der Waals surface area contributed by atoms with Gasteiger partial charge in [0.15, 0.2) is 0 Å². The predicted octanol–water partition coefficient (Wildman–Crippen LogP) is 2.45. The molecule has 2 aromatic rings. The minimum absolute atomic E-state index is 0.0357. The molecule has 0 radical (unpaired) electrons. The lowest BCUT2D eigenvalue weighted by atomic mass is 10.3. The number of hydrogen-bond donors (Lipinski definition) is 1. The minimum Gasteiger partial charge on any atom is -0.399 e. The molecule has 0 saturated carbocycles. The van der Waals surface area contributed by atoms with E-state index in [1.165, 1.54) is 29.6 Å². The van der Waals surface area contributed by atoms with Crippen LogP contribution in [-0.4, -0.2) is 24.8 Å². The highest BCUT2D eigenvalue weighted by atomic mass is 35.5. The lowest BCUT2D eigenvalue weighted by molar-refractivity contribution is 0.462. The van der Waals surface area contributed by atoms with Gasteiger partial charge in [0.25, 0.3) is 0 Å². The van der Waals surface area contributed by atoms with Crippen LogP contribution >= 0.6 is 11.6 Å². The zero-order chi connectivity index (χ0) is 15.6. The van der Waals surface area contributed by atoms with E-state index in [-0.39, 0.29) is 16.5 Å². The summed E-state index contributed by atoms with van der Waals surface area (Å²) in [4.78, 5) is 4.33. The molecule has 21 heavy (non-hydrogen) atoms. The number of nitrogens with two attached hydrogens (primary N) is 1. The van der Waals surface area contributed by atoms with E-state index in [4.69, 9.17) is 17.3 Å². The fourth-order valence-corrected chi connectivity index (χ4v) is 3.56. The lowest BCUT2D eigenvalue weighted by Crippen LogP contribution is -2.27. The molecule has 2 rings (SSSR count). The Morgan fingerprint density at radius 2 is 2.00 bits per heavy atom. The van der Waals surface area contributed by atoms with Crippen molar-refractivity contribution >= 4 is 27.3 Å². The molecule has 0 aliphatic carbocycles. The Labute approximate surface area is 129 Å². The van der Waals surface area contributed by atoms with Crippen LogP contribution in [0, 0.1) is 6.92 Å². The number of anilines is 1. The SMILES string of the molecule is Cc1cccc(CN(C)S(=O)(=O)c2ccc(N)cc2Cl)n1. The second-order valence-corrected chi connectivity index (χ2v) is 7.14. The van der Waals surface area contributed by atoms with Crippen LogP contribution in [-0.2, 0) is 16.6 Å². The molecule has 0 unspecified atom stereocenters. The van der Waals surface area contributed by atoms with Gasteiger partial charge in [-0.25, -0.2) is 8.42 Å². The van der Waals surface area contributed by atoms with E-state index in [0.717, 1.165) is 5.69 Å². The third-order valence-corrected chi connectivity index (χ3v) is 5.26. The number of halogens is 1. The van der Waals surface area contributed by atoms with Gasteiger partial charge in [-0.15, -0.1) is 0 Å². The van der Waals surface area contributed by atoms with Gasteiger partial charge in [-0.1, -0.05) is 17.7 Å². The molecule has 0 spiro atoms. The molecular formula is C14H16ClN3O2S. The zero-order valence-corrected chi connectivity index (χ0v) is 13.3. The number of nitrogens with zero attached hydrogens (tertiary/aromatic N) is 2. The van der Waals surface area contributed by atoms with Crippen LogP contribution in [0.15, 0.2) is 41.3 Å². The molecule has 1 aromatic carbocycles. The van der Waals surface area contributed by atoms with Crippen LogP contribution in [0.25, 0.3) is 0 Å². The maximum Gasteiger partial charge on any atom is 0.244 e. The van der Waals surface area contributed by atoms with Crippen molar-refractivity contribution in [3.63, 3.8) is 0 Å². The Balaban J connectivity index is 2.30. The third-order valence-electron chi connectivity index (χ3n) is 2.97. The Morgan fingerprint density at radius 1 is 1.29 bits per heavy atom. The second-order valence-electron chi connectivity index (χ2n) is 4.72. The monoisotopic (exact) mass is 325 g/mol. The van der Waals surface area contributed by atoms with Gasteiger partial charge >= 0.3 is 0 Å². The molecule has 0 amide bonds. The van der Waals surface area contributed by atoms with E-state index in [2.05, 4.69) is 4.98 Å². The predicted molar refractivity (Wildman–Crippen MR) is 83.5 cm³/mol. The maximum atomic E-state index is 12.5. The molecule has 5 nitrogen and oxygen atoms in total. The number of aryl methyl sites for hydroxylation is 1. The van der Waals surface area contributed by atoms with Gasteiger partial charge in [-0.2, -0.15) is 4.31 Å². The maximum absolute atomic E-state index is 12.5. The summed E-state index contributed by atoms with van der Waals surface area (Å²) in [5.74, 6) is 0. The summed E-state index contributed by atoms with van der Waals surface area (Å²) in [5.41, 5.74) is 7.51. The average molecular weight is 326 g/mol. The van der Waals surface area contributed by atoms with Crippen LogP contribution in [0.5, 0.6) is 0 Å². The Morgan fingerprint density at radius 3 is 2.62 bits per heavy atom. The number of benzene rings is 1. The average Bonchev–Trinajstić information content (AvgIpc) is 2.38. The minimum atomic E-state index is -3.69. The molecule has 0 fully saturated rings. The highest BCUT2D eigenvalue weighted by Crippen LogP contribution is 2.26. The number of rotatable bonds is 4. The van der Waals surface area contributed by atoms with Gasteiger partial charge in [-0.3, -0.25) is 4.98 Å². The number of pyridine rings is 1. The second kappa shape index (κ2) is 6.01. The third kappa shape index (κ3) is 3.53. The normalized spacial score (nSPS) is 11.8. The molecular weight excluding hydrogens is 310 g/mol. The highest BCUT2D eigenvalue weighted by molar-refractivity contribution is 7.89. The Hall–Kier alpha value is -1.63. The van der Waals surface area contributed by atoms with Crippen LogP contribution in [0.1, 0.15) is 11.4 Å². The van der Waals surface area contributed by atoms with E-state index in [1.807, 2.05) is 19.1 Å². The van der Waals surface area contributed by atoms with Crippen molar-refractivity contribution in [2.45, 2.75) is 18.4 Å². The van der Waals surface area contributed by atoms with E-state index < -0.39 is 10.0 Å². The van der Waals surface area contributed by atoms with Crippen LogP contribution in [0.2, 0.25) is 5.02 Å². The summed E-state index contributed by atoms with van der Waals surface area (Å²) in [6, 6.07) is 9.82. The number of aromatic nitrogens is 1. The van der Waals surface area contributed by atoms with Crippen molar-refractivity contribution in [3.05, 3.63) is 52.8 Å². The van der Waals surface area contributed by atoms with Crippen LogP contribution in [0.3, 0.4) is 0 Å². The first-order valence-electron chi connectivity index (χ1n) is 6.24. The smallest absolute Gasteiger partial charge is 0.244 e. The van der Waals surface area contributed by atoms with Gasteiger partial charge in [0, 0.05) is 18.4 Å². The zero-order valence-electron chi connectivity index (χ0n) is 11.7. The van der Waals surface area contributed by atoms with Gasteiger partial charge in [0.2, 0.25) is 10.0 Å². The summed E-state index contributed by atoms with van der Waals surface area (Å²) in [6.45, 7) is 2.03. The van der Waals surface area contributed by atoms with Gasteiger partial charge in [0.05, 0.1) is 17.3 Å². The summed E-state index contributed by atoms with van der Waals surface area (Å²) in [5, 5.41) is 0.110. The molecule has 0 aliphatic rings. The molecule has 2 N–H and O–H groups in total. The fourth-order valence-electron chi connectivity index (χ4n) is 1.89. The van der Waals surface area contributed by atoms with Crippen molar-refractivity contribution in [2.24, 2.45) is 0 Å². The summed E-state index contributed by atoms with van der Waals surface area (Å²) in [6.07, 6.45) is 0. The van der Waals surface area contributed by atoms with Crippen LogP contribution < -0.4 is 5.73 Å². The number of sulfonamides is 1. The van der Waals surface area contributed by atoms with Gasteiger partial charge < -0.3 is 5.73 Å². The molecule has 7 heteroatoms. The molecule has 1 aromatic heterocycles. The first kappa shape index (κ1) is 15.8. The van der Waals surface area contributed by atoms with Crippen LogP contribution in [0.4, 0.5) is 5.69 Å². The van der Waals surface area contributed by atoms with Crippen molar-refractivity contribution < 1.29 is 8.42 Å². The number of hydrogen-bond acceptors (Lipinski definition) is 4. The first-order valence-corrected chi connectivity index (χ1v) is 8.06. The molecule has 0 saturated heterocycles. The quantitative estimate of drug-likeness (QED) is 0.876. The topological polar surface area (TPSA) is 76.3 Å². The first-order chi connectivity index (χ1) is 9.80. The van der Waals surface area contributed by atoms with E-state index in [0.29, 0.717) is 11.4 Å². The van der Waals surface area contributed by atoms with Crippen molar-refractivity contribution in [3.8, 4) is 0 Å². The molecule has 0 atom stereocenters. The van der Waals surface area contributed by atoms with Crippen molar-refractivity contribution in [1.82, 2.24) is 9.29 Å². The van der Waals surface area contributed by atoms with E-state index in [9.17, 15) is 8.42 Å². The summed E-state index contributed by atoms with van der Waals surface area (Å²) >= 11 is 5.98. The standard InChI is InChI=1S/C14H16ClN3O2S/c1-10-4-3-5-12(17-10)9-18(2)21(19,20)14-7-6-11(16)8-13(14)15/h3-8H,9,16H2,1-2H3. The Bertz CT molecular complexity index is 763.